The molecule has 0 N–H and O–H groups in total. The first-order valence-electron chi connectivity index (χ1n) is 7.78. The van der Waals surface area contributed by atoms with Crippen LogP contribution in [-0.2, 0) is 14.3 Å². The second-order valence-electron chi connectivity index (χ2n) is 6.21. The SMILES string of the molecule is Bc1ccc(S(=O)(=O)O[C@H]2C[C@@H](N3CCCCC3)C2)cc1. The van der Waals surface area contributed by atoms with Crippen LogP contribution in [0, 0.1) is 0 Å². The van der Waals surface area contributed by atoms with Crippen molar-refractivity contribution in [3.8, 4) is 0 Å². The van der Waals surface area contributed by atoms with Crippen molar-refractivity contribution in [2.45, 2.75) is 49.1 Å². The van der Waals surface area contributed by atoms with E-state index in [-0.39, 0.29) is 11.0 Å². The Labute approximate surface area is 128 Å². The maximum atomic E-state index is 12.2. The Morgan fingerprint density at radius 2 is 1.67 bits per heavy atom. The van der Waals surface area contributed by atoms with Crippen molar-refractivity contribution in [1.82, 2.24) is 4.90 Å². The Morgan fingerprint density at radius 3 is 2.29 bits per heavy atom. The predicted molar refractivity (Wildman–Crippen MR) is 85.1 cm³/mol. The van der Waals surface area contributed by atoms with Crippen molar-refractivity contribution >= 4 is 23.4 Å². The van der Waals surface area contributed by atoms with E-state index in [1.54, 1.807) is 24.3 Å². The lowest BCUT2D eigenvalue weighted by atomic mass is 9.87. The Bertz CT molecular complexity index is 575. The minimum atomic E-state index is -3.61. The first kappa shape index (κ1) is 15.1. The van der Waals surface area contributed by atoms with Gasteiger partial charge in [-0.05, 0) is 50.9 Å². The standard InChI is InChI=1S/C15H22BNO3S/c16-12-4-6-15(7-5-12)21(18,19)20-14-10-13(11-14)17-8-2-1-3-9-17/h4-7,13-14H,1-3,8-11,16H2/t13-,14+. The van der Waals surface area contributed by atoms with Crippen molar-refractivity contribution in [3.05, 3.63) is 24.3 Å². The van der Waals surface area contributed by atoms with E-state index >= 15 is 0 Å². The van der Waals surface area contributed by atoms with Gasteiger partial charge in [0.2, 0.25) is 0 Å². The van der Waals surface area contributed by atoms with Gasteiger partial charge in [0.25, 0.3) is 10.1 Å². The molecule has 1 aliphatic carbocycles. The summed E-state index contributed by atoms with van der Waals surface area (Å²) in [5.41, 5.74) is 1.04. The number of hydrogen-bond acceptors (Lipinski definition) is 4. The van der Waals surface area contributed by atoms with E-state index in [2.05, 4.69) is 4.90 Å². The van der Waals surface area contributed by atoms with Gasteiger partial charge in [0, 0.05) is 6.04 Å². The number of nitrogens with zero attached hydrogens (tertiary/aromatic N) is 1. The normalized spacial score (nSPS) is 27.2. The molecule has 1 saturated carbocycles. The predicted octanol–water partition coefficient (Wildman–Crippen LogP) is 0.667. The summed E-state index contributed by atoms with van der Waals surface area (Å²) in [6, 6.07) is 7.35. The molecule has 0 amide bonds. The van der Waals surface area contributed by atoms with Gasteiger partial charge < -0.3 is 4.90 Å². The highest BCUT2D eigenvalue weighted by Crippen LogP contribution is 2.32. The number of benzene rings is 1. The van der Waals surface area contributed by atoms with E-state index in [4.69, 9.17) is 4.18 Å². The molecule has 114 valence electrons. The van der Waals surface area contributed by atoms with Gasteiger partial charge in [-0.3, -0.25) is 4.18 Å². The van der Waals surface area contributed by atoms with Gasteiger partial charge in [0.1, 0.15) is 7.85 Å². The molecule has 1 heterocycles. The molecule has 3 rings (SSSR count). The zero-order valence-corrected chi connectivity index (χ0v) is 13.3. The molecule has 2 aliphatic rings. The van der Waals surface area contributed by atoms with Crippen LogP contribution in [0.25, 0.3) is 0 Å². The van der Waals surface area contributed by atoms with Crippen LogP contribution >= 0.6 is 0 Å². The summed E-state index contributed by atoms with van der Waals surface area (Å²) >= 11 is 0. The van der Waals surface area contributed by atoms with Gasteiger partial charge in [-0.2, -0.15) is 8.42 Å². The van der Waals surface area contributed by atoms with Crippen LogP contribution in [0.15, 0.2) is 29.2 Å². The van der Waals surface area contributed by atoms with E-state index in [0.717, 1.165) is 31.4 Å². The molecule has 1 aromatic carbocycles. The van der Waals surface area contributed by atoms with Gasteiger partial charge in [-0.25, -0.2) is 0 Å². The third kappa shape index (κ3) is 3.50. The van der Waals surface area contributed by atoms with Crippen molar-refractivity contribution in [2.24, 2.45) is 0 Å². The minimum absolute atomic E-state index is 0.150. The van der Waals surface area contributed by atoms with Crippen LogP contribution in [0.2, 0.25) is 0 Å². The highest BCUT2D eigenvalue weighted by molar-refractivity contribution is 7.86. The molecule has 0 atom stereocenters. The summed E-state index contributed by atoms with van der Waals surface area (Å²) in [5.74, 6) is 0. The molecule has 6 heteroatoms. The van der Waals surface area contributed by atoms with Crippen LogP contribution in [0.3, 0.4) is 0 Å². The van der Waals surface area contributed by atoms with Gasteiger partial charge in [0.05, 0.1) is 11.0 Å². The van der Waals surface area contributed by atoms with Crippen molar-refractivity contribution in [3.63, 3.8) is 0 Å². The van der Waals surface area contributed by atoms with Gasteiger partial charge in [-0.15, -0.1) is 0 Å². The number of hydrogen-bond donors (Lipinski definition) is 0. The first-order valence-corrected chi connectivity index (χ1v) is 9.19. The average molecular weight is 307 g/mol. The third-order valence-corrected chi connectivity index (χ3v) is 5.92. The molecule has 0 spiro atoms. The summed E-state index contributed by atoms with van der Waals surface area (Å²) in [6.45, 7) is 2.31. The van der Waals surface area contributed by atoms with Gasteiger partial charge >= 0.3 is 0 Å². The number of rotatable bonds is 4. The number of likely N-dealkylation sites (tertiary alicyclic amines) is 1. The lowest BCUT2D eigenvalue weighted by molar-refractivity contribution is 0.0124. The zero-order valence-electron chi connectivity index (χ0n) is 12.5. The van der Waals surface area contributed by atoms with Crippen molar-refractivity contribution in [2.75, 3.05) is 13.1 Å². The molecule has 0 bridgehead atoms. The fourth-order valence-corrected chi connectivity index (χ4v) is 4.23. The van der Waals surface area contributed by atoms with Crippen LogP contribution in [-0.4, -0.2) is 46.4 Å². The summed E-state index contributed by atoms with van der Waals surface area (Å²) in [7, 11) is -1.67. The van der Waals surface area contributed by atoms with Crippen LogP contribution in [0.5, 0.6) is 0 Å². The zero-order chi connectivity index (χ0) is 14.9. The molecular formula is C15H22BNO3S. The topological polar surface area (TPSA) is 46.6 Å². The number of piperidine rings is 1. The van der Waals surface area contributed by atoms with E-state index in [9.17, 15) is 8.42 Å². The Hall–Kier alpha value is -0.845. The first-order chi connectivity index (χ1) is 10.0. The highest BCUT2D eigenvalue weighted by atomic mass is 32.2. The molecule has 0 aromatic heterocycles. The molecule has 0 radical (unpaired) electrons. The van der Waals surface area contributed by atoms with E-state index in [1.807, 2.05) is 7.85 Å². The fraction of sp³-hybridized carbons (Fsp3) is 0.600. The third-order valence-electron chi connectivity index (χ3n) is 4.55. The molecule has 1 aliphatic heterocycles. The molecular weight excluding hydrogens is 285 g/mol. The quantitative estimate of drug-likeness (QED) is 0.606. The Kier molecular flexibility index (Phi) is 4.38. The average Bonchev–Trinajstić information content (AvgIpc) is 2.44. The Balaban J connectivity index is 1.54. The fourth-order valence-electron chi connectivity index (χ4n) is 3.14. The minimum Gasteiger partial charge on any atom is -0.300 e. The van der Waals surface area contributed by atoms with Crippen LogP contribution in [0.1, 0.15) is 32.1 Å². The maximum absolute atomic E-state index is 12.2. The van der Waals surface area contributed by atoms with E-state index < -0.39 is 10.1 Å². The molecule has 21 heavy (non-hydrogen) atoms. The van der Waals surface area contributed by atoms with E-state index in [0.29, 0.717) is 6.04 Å². The monoisotopic (exact) mass is 307 g/mol. The summed E-state index contributed by atoms with van der Waals surface area (Å²) in [6.07, 6.45) is 5.39. The summed E-state index contributed by atoms with van der Waals surface area (Å²) in [5, 5.41) is 0. The molecule has 1 aromatic rings. The molecule has 1 saturated heterocycles. The van der Waals surface area contributed by atoms with Crippen LogP contribution in [0.4, 0.5) is 0 Å². The lowest BCUT2D eigenvalue weighted by Crippen LogP contribution is -2.50. The summed E-state index contributed by atoms with van der Waals surface area (Å²) in [4.78, 5) is 2.75. The Morgan fingerprint density at radius 1 is 1.05 bits per heavy atom. The molecule has 0 unspecified atom stereocenters. The largest absolute Gasteiger partial charge is 0.300 e. The lowest BCUT2D eigenvalue weighted by Gasteiger charge is -2.43. The summed E-state index contributed by atoms with van der Waals surface area (Å²) < 4.78 is 29.8. The molecule has 4 nitrogen and oxygen atoms in total. The van der Waals surface area contributed by atoms with Crippen molar-refractivity contribution < 1.29 is 12.6 Å². The smallest absolute Gasteiger partial charge is 0.297 e. The van der Waals surface area contributed by atoms with Crippen LogP contribution < -0.4 is 5.46 Å². The van der Waals surface area contributed by atoms with Gasteiger partial charge in [-0.1, -0.05) is 24.0 Å². The van der Waals surface area contributed by atoms with Crippen molar-refractivity contribution in [1.29, 1.82) is 0 Å². The second kappa shape index (κ2) is 6.11. The van der Waals surface area contributed by atoms with Gasteiger partial charge in [0.15, 0.2) is 0 Å². The maximum Gasteiger partial charge on any atom is 0.297 e. The second-order valence-corrected chi connectivity index (χ2v) is 7.78. The van der Waals surface area contributed by atoms with E-state index in [1.165, 1.54) is 19.3 Å². The molecule has 2 fully saturated rings. The highest BCUT2D eigenvalue weighted by Gasteiger charge is 2.37.